The molecule has 32 heavy (non-hydrogen) atoms. The molecule has 0 N–H and O–H groups in total. The number of fused-ring (bicyclic) bond motifs is 4. The van der Waals surface area contributed by atoms with Crippen molar-refractivity contribution in [2.45, 2.75) is 77.3 Å². The van der Waals surface area contributed by atoms with Crippen LogP contribution in [0.2, 0.25) is 0 Å². The van der Waals surface area contributed by atoms with Crippen molar-refractivity contribution in [3.8, 4) is 11.5 Å². The minimum atomic E-state index is -3.18. The van der Waals surface area contributed by atoms with Crippen molar-refractivity contribution in [3.05, 3.63) is 23.3 Å². The highest BCUT2D eigenvalue weighted by Crippen LogP contribution is 2.46. The Kier molecular flexibility index (Phi) is 7.68. The summed E-state index contributed by atoms with van der Waals surface area (Å²) < 4.78 is 39.1. The minimum absolute atomic E-state index is 0.107. The number of sulfonamides is 1. The SMILES string of the molecule is CCCCOc1cc2c(cc1OCCCC)C1CC3C(CCCN3S(C)(=O)=O)CN1CC2. The van der Waals surface area contributed by atoms with Crippen molar-refractivity contribution in [2.75, 3.05) is 39.1 Å². The van der Waals surface area contributed by atoms with Crippen LogP contribution in [0.5, 0.6) is 11.5 Å². The molecule has 0 bridgehead atoms. The van der Waals surface area contributed by atoms with E-state index in [9.17, 15) is 8.42 Å². The van der Waals surface area contributed by atoms with E-state index >= 15 is 0 Å². The van der Waals surface area contributed by atoms with Gasteiger partial charge in [-0.25, -0.2) is 8.42 Å². The smallest absolute Gasteiger partial charge is 0.211 e. The molecule has 2 fully saturated rings. The summed E-state index contributed by atoms with van der Waals surface area (Å²) in [7, 11) is -3.18. The third-order valence-electron chi connectivity index (χ3n) is 7.41. The molecule has 3 heterocycles. The number of piperidine rings is 2. The van der Waals surface area contributed by atoms with Gasteiger partial charge in [0.15, 0.2) is 11.5 Å². The summed E-state index contributed by atoms with van der Waals surface area (Å²) >= 11 is 0. The third kappa shape index (κ3) is 5.10. The molecule has 3 aliphatic rings. The van der Waals surface area contributed by atoms with E-state index in [1.807, 2.05) is 0 Å². The fraction of sp³-hybridized carbons (Fsp3) is 0.760. The number of rotatable bonds is 9. The first-order valence-electron chi connectivity index (χ1n) is 12.6. The lowest BCUT2D eigenvalue weighted by atomic mass is 9.77. The van der Waals surface area contributed by atoms with Gasteiger partial charge in [-0.15, -0.1) is 0 Å². The molecule has 6 nitrogen and oxygen atoms in total. The molecule has 3 atom stereocenters. The van der Waals surface area contributed by atoms with Crippen molar-refractivity contribution in [1.29, 1.82) is 0 Å². The zero-order chi connectivity index (χ0) is 22.7. The molecule has 1 aromatic rings. The molecule has 0 aliphatic carbocycles. The molecule has 2 saturated heterocycles. The number of hydrogen-bond acceptors (Lipinski definition) is 5. The molecule has 1 aromatic carbocycles. The van der Waals surface area contributed by atoms with Crippen LogP contribution in [0.15, 0.2) is 12.1 Å². The molecule has 0 saturated carbocycles. The Bertz CT molecular complexity index is 888. The normalized spacial score (nSPS) is 26.2. The maximum Gasteiger partial charge on any atom is 0.211 e. The average Bonchev–Trinajstić information content (AvgIpc) is 2.77. The molecule has 0 amide bonds. The van der Waals surface area contributed by atoms with Gasteiger partial charge in [0.1, 0.15) is 0 Å². The highest BCUT2D eigenvalue weighted by molar-refractivity contribution is 7.88. The van der Waals surface area contributed by atoms with Gasteiger partial charge >= 0.3 is 0 Å². The Balaban J connectivity index is 1.62. The molecule has 0 spiro atoms. The Morgan fingerprint density at radius 3 is 2.38 bits per heavy atom. The van der Waals surface area contributed by atoms with Crippen molar-refractivity contribution in [2.24, 2.45) is 5.92 Å². The van der Waals surface area contributed by atoms with Crippen LogP contribution in [-0.4, -0.2) is 62.8 Å². The zero-order valence-electron chi connectivity index (χ0n) is 20.0. The summed E-state index contributed by atoms with van der Waals surface area (Å²) in [5.41, 5.74) is 2.64. The van der Waals surface area contributed by atoms with Gasteiger partial charge in [-0.2, -0.15) is 4.31 Å². The van der Waals surface area contributed by atoms with E-state index in [4.69, 9.17) is 9.47 Å². The molecule has 180 valence electrons. The lowest BCUT2D eigenvalue weighted by Crippen LogP contribution is -2.57. The quantitative estimate of drug-likeness (QED) is 0.508. The molecule has 7 heteroatoms. The monoisotopic (exact) mass is 464 g/mol. The van der Waals surface area contributed by atoms with Gasteiger partial charge in [-0.3, -0.25) is 4.90 Å². The van der Waals surface area contributed by atoms with E-state index in [0.717, 1.165) is 76.0 Å². The molecule has 3 aliphatic heterocycles. The van der Waals surface area contributed by atoms with Gasteiger partial charge in [0.05, 0.1) is 19.5 Å². The molecular formula is C25H40N2O4S. The second-order valence-corrected chi connectivity index (χ2v) is 11.7. The van der Waals surface area contributed by atoms with Crippen LogP contribution in [0.3, 0.4) is 0 Å². The van der Waals surface area contributed by atoms with Crippen molar-refractivity contribution >= 4 is 10.0 Å². The van der Waals surface area contributed by atoms with Gasteiger partial charge in [0.2, 0.25) is 10.0 Å². The Morgan fingerprint density at radius 1 is 1.03 bits per heavy atom. The summed E-state index contributed by atoms with van der Waals surface area (Å²) in [6, 6.07) is 4.76. The van der Waals surface area contributed by atoms with Gasteiger partial charge in [-0.1, -0.05) is 26.7 Å². The van der Waals surface area contributed by atoms with Gasteiger partial charge in [0.25, 0.3) is 0 Å². The van der Waals surface area contributed by atoms with Gasteiger partial charge in [0, 0.05) is 31.7 Å². The third-order valence-corrected chi connectivity index (χ3v) is 8.72. The first-order valence-corrected chi connectivity index (χ1v) is 14.4. The Hall–Kier alpha value is -1.31. The van der Waals surface area contributed by atoms with Gasteiger partial charge < -0.3 is 9.47 Å². The lowest BCUT2D eigenvalue weighted by molar-refractivity contribution is 0.0220. The number of unbranched alkanes of at least 4 members (excludes halogenated alkanes) is 2. The first-order chi connectivity index (χ1) is 15.4. The molecular weight excluding hydrogens is 424 g/mol. The number of ether oxygens (including phenoxy) is 2. The highest BCUT2D eigenvalue weighted by Gasteiger charge is 2.45. The van der Waals surface area contributed by atoms with Crippen molar-refractivity contribution < 1.29 is 17.9 Å². The maximum atomic E-state index is 12.5. The van der Waals surface area contributed by atoms with Crippen LogP contribution in [0.1, 0.15) is 76.0 Å². The molecule has 3 unspecified atom stereocenters. The Labute approximate surface area is 194 Å². The molecule has 0 radical (unpaired) electrons. The zero-order valence-corrected chi connectivity index (χ0v) is 20.8. The second-order valence-electron chi connectivity index (χ2n) is 9.74. The standard InChI is InChI=1S/C25H40N2O4S/c1-4-6-13-30-24-15-19-10-12-26-18-20-9-8-11-27(32(3,28)29)22(20)17-23(26)21(19)16-25(24)31-14-7-5-2/h15-16,20,22-23H,4-14,17-18H2,1-3H3. The molecule has 4 rings (SSSR count). The van der Waals surface area contributed by atoms with Crippen LogP contribution in [0.25, 0.3) is 0 Å². The van der Waals surface area contributed by atoms with E-state index in [0.29, 0.717) is 25.7 Å². The largest absolute Gasteiger partial charge is 0.490 e. The van der Waals surface area contributed by atoms with Gasteiger partial charge in [-0.05, 0) is 67.7 Å². The highest BCUT2D eigenvalue weighted by atomic mass is 32.2. The Morgan fingerprint density at radius 2 is 1.72 bits per heavy atom. The fourth-order valence-corrected chi connectivity index (χ4v) is 6.91. The van der Waals surface area contributed by atoms with E-state index in [1.54, 1.807) is 4.31 Å². The summed E-state index contributed by atoms with van der Waals surface area (Å²) in [5, 5.41) is 0. The summed E-state index contributed by atoms with van der Waals surface area (Å²) in [5.74, 6) is 2.15. The topological polar surface area (TPSA) is 59.1 Å². The second kappa shape index (κ2) is 10.3. The summed E-state index contributed by atoms with van der Waals surface area (Å²) in [4.78, 5) is 2.59. The average molecular weight is 465 g/mol. The predicted molar refractivity (Wildman–Crippen MR) is 128 cm³/mol. The van der Waals surface area contributed by atoms with E-state index in [-0.39, 0.29) is 12.1 Å². The summed E-state index contributed by atoms with van der Waals surface area (Å²) in [6.07, 6.45) is 9.61. The maximum absolute atomic E-state index is 12.5. The van der Waals surface area contributed by atoms with Crippen LogP contribution in [-0.2, 0) is 16.4 Å². The van der Waals surface area contributed by atoms with Crippen LogP contribution in [0.4, 0.5) is 0 Å². The number of hydrogen-bond donors (Lipinski definition) is 0. The lowest BCUT2D eigenvalue weighted by Gasteiger charge is -2.51. The van der Waals surface area contributed by atoms with Crippen LogP contribution >= 0.6 is 0 Å². The first kappa shape index (κ1) is 23.8. The fourth-order valence-electron chi connectivity index (χ4n) is 5.70. The van der Waals surface area contributed by atoms with Crippen LogP contribution in [0, 0.1) is 5.92 Å². The van der Waals surface area contributed by atoms with Crippen LogP contribution < -0.4 is 9.47 Å². The minimum Gasteiger partial charge on any atom is -0.490 e. The predicted octanol–water partition coefficient (Wildman–Crippen LogP) is 4.39. The van der Waals surface area contributed by atoms with Crippen molar-refractivity contribution in [1.82, 2.24) is 9.21 Å². The van der Waals surface area contributed by atoms with E-state index in [2.05, 4.69) is 30.9 Å². The number of benzene rings is 1. The summed E-state index contributed by atoms with van der Waals surface area (Å²) in [6.45, 7) is 8.43. The van der Waals surface area contributed by atoms with E-state index < -0.39 is 10.0 Å². The van der Waals surface area contributed by atoms with Crippen molar-refractivity contribution in [3.63, 3.8) is 0 Å². The number of nitrogens with zero attached hydrogens (tertiary/aromatic N) is 2. The van der Waals surface area contributed by atoms with E-state index in [1.165, 1.54) is 17.4 Å². The molecule has 0 aromatic heterocycles.